The smallest absolute Gasteiger partial charge is 0.313 e. The molecule has 0 saturated carbocycles. The van der Waals surface area contributed by atoms with Gasteiger partial charge in [0.2, 0.25) is 0 Å². The molecule has 3 nitrogen and oxygen atoms in total. The van der Waals surface area contributed by atoms with E-state index in [1.807, 2.05) is 37.3 Å². The first-order valence-electron chi connectivity index (χ1n) is 5.71. The topological polar surface area (TPSA) is 46.5 Å². The van der Waals surface area contributed by atoms with Crippen LogP contribution in [0.25, 0.3) is 6.08 Å². The Morgan fingerprint density at radius 2 is 2.18 bits per heavy atom. The molecular weight excluding hydrogens is 216 g/mol. The number of fused-ring (bicyclic) bond motifs is 1. The zero-order chi connectivity index (χ0) is 12.5. The third-order valence-corrected chi connectivity index (χ3v) is 3.54. The summed E-state index contributed by atoms with van der Waals surface area (Å²) in [7, 11) is 1.58. The van der Waals surface area contributed by atoms with Crippen molar-refractivity contribution in [2.75, 3.05) is 7.11 Å². The number of methoxy groups -OCH3 is 1. The fourth-order valence-electron chi connectivity index (χ4n) is 2.62. The van der Waals surface area contributed by atoms with E-state index in [2.05, 4.69) is 0 Å². The molecule has 0 spiro atoms. The van der Waals surface area contributed by atoms with Crippen molar-refractivity contribution in [1.82, 2.24) is 0 Å². The minimum absolute atomic E-state index is 0.627. The number of hydrogen-bond acceptors (Lipinski definition) is 2. The minimum atomic E-state index is -0.848. The highest BCUT2D eigenvalue weighted by Crippen LogP contribution is 2.43. The van der Waals surface area contributed by atoms with Crippen LogP contribution in [0.2, 0.25) is 0 Å². The second-order valence-corrected chi connectivity index (χ2v) is 4.21. The average molecular weight is 232 g/mol. The van der Waals surface area contributed by atoms with E-state index in [0.717, 1.165) is 11.1 Å². The Morgan fingerprint density at radius 1 is 1.47 bits per heavy atom. The van der Waals surface area contributed by atoms with E-state index >= 15 is 0 Å². The molecule has 1 aliphatic rings. The van der Waals surface area contributed by atoms with Crippen LogP contribution in [-0.4, -0.2) is 18.2 Å². The van der Waals surface area contributed by atoms with E-state index in [-0.39, 0.29) is 0 Å². The van der Waals surface area contributed by atoms with Crippen LogP contribution in [0.3, 0.4) is 0 Å². The number of hydrogen-bond donors (Lipinski definition) is 1. The highest BCUT2D eigenvalue weighted by molar-refractivity contribution is 5.78. The molecular formula is C14H16O3. The second kappa shape index (κ2) is 4.34. The molecule has 0 radical (unpaired) electrons. The van der Waals surface area contributed by atoms with Crippen LogP contribution >= 0.6 is 0 Å². The molecule has 2 unspecified atom stereocenters. The van der Waals surface area contributed by atoms with E-state index in [4.69, 9.17) is 4.74 Å². The number of ether oxygens (including phenoxy) is 1. The molecule has 1 aromatic carbocycles. The summed E-state index contributed by atoms with van der Waals surface area (Å²) < 4.78 is 5.60. The number of carboxylic acids is 1. The minimum Gasteiger partial charge on any atom is -0.481 e. The van der Waals surface area contributed by atoms with E-state index < -0.39 is 17.5 Å². The molecule has 0 fully saturated rings. The van der Waals surface area contributed by atoms with Crippen LogP contribution < -0.4 is 0 Å². The van der Waals surface area contributed by atoms with Gasteiger partial charge in [0, 0.05) is 7.11 Å². The standard InChI is InChI=1S/C14H16O3/c1-3-14(17-2)11-7-5-4-6-10(11)8-9-12(14)13(15)16/h4-9,12H,3H2,1-2H3,(H,15,16). The molecule has 17 heavy (non-hydrogen) atoms. The van der Waals surface area contributed by atoms with Gasteiger partial charge in [0.15, 0.2) is 0 Å². The summed E-state index contributed by atoms with van der Waals surface area (Å²) in [5.74, 6) is -1.48. The van der Waals surface area contributed by atoms with Crippen molar-refractivity contribution in [1.29, 1.82) is 0 Å². The van der Waals surface area contributed by atoms with Crippen molar-refractivity contribution in [2.24, 2.45) is 5.92 Å². The van der Waals surface area contributed by atoms with Gasteiger partial charge in [-0.2, -0.15) is 0 Å². The van der Waals surface area contributed by atoms with Crippen molar-refractivity contribution in [3.05, 3.63) is 41.5 Å². The summed E-state index contributed by atoms with van der Waals surface area (Å²) in [5, 5.41) is 9.33. The van der Waals surface area contributed by atoms with Crippen LogP contribution in [0.1, 0.15) is 24.5 Å². The van der Waals surface area contributed by atoms with Gasteiger partial charge in [-0.3, -0.25) is 4.79 Å². The summed E-state index contributed by atoms with van der Waals surface area (Å²) >= 11 is 0. The van der Waals surface area contributed by atoms with Crippen LogP contribution in [0.5, 0.6) is 0 Å². The SMILES string of the molecule is CCC1(OC)c2ccccc2C=CC1C(=O)O. The molecule has 2 rings (SSSR count). The summed E-state index contributed by atoms with van der Waals surface area (Å²) in [4.78, 5) is 11.4. The Bertz CT molecular complexity index is 458. The Morgan fingerprint density at radius 3 is 2.76 bits per heavy atom. The lowest BCUT2D eigenvalue weighted by Gasteiger charge is -2.39. The molecule has 0 amide bonds. The molecule has 90 valence electrons. The molecule has 1 aliphatic carbocycles. The zero-order valence-electron chi connectivity index (χ0n) is 10.0. The van der Waals surface area contributed by atoms with Crippen molar-refractivity contribution < 1.29 is 14.6 Å². The first-order chi connectivity index (χ1) is 8.15. The summed E-state index contributed by atoms with van der Waals surface area (Å²) in [6, 6.07) is 7.79. The van der Waals surface area contributed by atoms with Gasteiger partial charge in [-0.05, 0) is 17.5 Å². The lowest BCUT2D eigenvalue weighted by Crippen LogP contribution is -2.42. The lowest BCUT2D eigenvalue weighted by atomic mass is 9.73. The predicted molar refractivity (Wildman–Crippen MR) is 65.6 cm³/mol. The molecule has 0 bridgehead atoms. The maximum Gasteiger partial charge on any atom is 0.313 e. The summed E-state index contributed by atoms with van der Waals surface area (Å²) in [5.41, 5.74) is 1.24. The van der Waals surface area contributed by atoms with Gasteiger partial charge in [0.05, 0.1) is 0 Å². The Kier molecular flexibility index (Phi) is 3.03. The van der Waals surface area contributed by atoms with E-state index in [9.17, 15) is 9.90 Å². The highest BCUT2D eigenvalue weighted by Gasteiger charge is 2.45. The second-order valence-electron chi connectivity index (χ2n) is 4.21. The number of rotatable bonds is 3. The van der Waals surface area contributed by atoms with Crippen molar-refractivity contribution in [2.45, 2.75) is 18.9 Å². The molecule has 3 heteroatoms. The fourth-order valence-corrected chi connectivity index (χ4v) is 2.62. The summed E-state index contributed by atoms with van der Waals surface area (Å²) in [6.45, 7) is 1.95. The predicted octanol–water partition coefficient (Wildman–Crippen LogP) is 2.67. The maximum absolute atomic E-state index is 11.4. The number of carbonyl (C=O) groups is 1. The Hall–Kier alpha value is -1.61. The van der Waals surface area contributed by atoms with Gasteiger partial charge in [-0.25, -0.2) is 0 Å². The van der Waals surface area contributed by atoms with Crippen LogP contribution in [0.4, 0.5) is 0 Å². The van der Waals surface area contributed by atoms with Gasteiger partial charge in [0.1, 0.15) is 11.5 Å². The molecule has 1 N–H and O–H groups in total. The van der Waals surface area contributed by atoms with Gasteiger partial charge in [-0.1, -0.05) is 43.3 Å². The molecule has 0 saturated heterocycles. The van der Waals surface area contributed by atoms with Gasteiger partial charge in [0.25, 0.3) is 0 Å². The third-order valence-electron chi connectivity index (χ3n) is 3.54. The number of carboxylic acid groups (broad SMARTS) is 1. The Balaban J connectivity index is 2.63. The van der Waals surface area contributed by atoms with Crippen molar-refractivity contribution in [3.8, 4) is 0 Å². The van der Waals surface area contributed by atoms with E-state index in [0.29, 0.717) is 6.42 Å². The molecule has 1 aromatic rings. The number of benzene rings is 1. The first-order valence-corrected chi connectivity index (χ1v) is 5.71. The average Bonchev–Trinajstić information content (AvgIpc) is 2.37. The molecule has 2 atom stereocenters. The van der Waals surface area contributed by atoms with Gasteiger partial charge in [-0.15, -0.1) is 0 Å². The van der Waals surface area contributed by atoms with Crippen LogP contribution in [0, 0.1) is 5.92 Å². The monoisotopic (exact) mass is 232 g/mol. The molecule has 0 heterocycles. The lowest BCUT2D eigenvalue weighted by molar-refractivity contribution is -0.152. The molecule has 0 aromatic heterocycles. The fraction of sp³-hybridized carbons (Fsp3) is 0.357. The van der Waals surface area contributed by atoms with Gasteiger partial charge < -0.3 is 9.84 Å². The normalized spacial score (nSPS) is 26.6. The van der Waals surface area contributed by atoms with E-state index in [1.54, 1.807) is 13.2 Å². The van der Waals surface area contributed by atoms with Crippen molar-refractivity contribution in [3.63, 3.8) is 0 Å². The third kappa shape index (κ3) is 1.67. The quantitative estimate of drug-likeness (QED) is 0.871. The molecule has 0 aliphatic heterocycles. The first kappa shape index (κ1) is 11.9. The van der Waals surface area contributed by atoms with Crippen LogP contribution in [0.15, 0.2) is 30.3 Å². The van der Waals surface area contributed by atoms with Gasteiger partial charge >= 0.3 is 5.97 Å². The van der Waals surface area contributed by atoms with E-state index in [1.165, 1.54) is 0 Å². The largest absolute Gasteiger partial charge is 0.481 e. The van der Waals surface area contributed by atoms with Crippen molar-refractivity contribution >= 4 is 12.0 Å². The Labute approximate surface area is 101 Å². The maximum atomic E-state index is 11.4. The number of aliphatic carboxylic acids is 1. The zero-order valence-corrected chi connectivity index (χ0v) is 10.0. The van der Waals surface area contributed by atoms with Crippen LogP contribution in [-0.2, 0) is 15.1 Å². The summed E-state index contributed by atoms with van der Waals surface area (Å²) in [6.07, 6.45) is 4.21. The highest BCUT2D eigenvalue weighted by atomic mass is 16.5.